The summed E-state index contributed by atoms with van der Waals surface area (Å²) in [4.78, 5) is 0. The van der Waals surface area contributed by atoms with Gasteiger partial charge in [-0.1, -0.05) is 17.7 Å². The maximum atomic E-state index is 6.11. The highest BCUT2D eigenvalue weighted by Gasteiger charge is 2.28. The first-order valence-electron chi connectivity index (χ1n) is 7.15. The first-order valence-corrected chi connectivity index (χ1v) is 7.53. The number of hydrazone groups is 1. The molecule has 0 amide bonds. The normalized spacial score (nSPS) is 19.9. The molecule has 0 aliphatic heterocycles. The highest BCUT2D eigenvalue weighted by Crippen LogP contribution is 2.31. The molecule has 0 bridgehead atoms. The molecule has 0 radical (unpaired) electrons. The summed E-state index contributed by atoms with van der Waals surface area (Å²) >= 11 is 6.11. The Morgan fingerprint density at radius 2 is 2.05 bits per heavy atom. The van der Waals surface area contributed by atoms with Gasteiger partial charge >= 0.3 is 0 Å². The predicted octanol–water partition coefficient (Wildman–Crippen LogP) is 3.18. The number of nitrogens with zero attached hydrogens (tertiary/aromatic N) is 2. The Morgan fingerprint density at radius 3 is 2.67 bits per heavy atom. The fourth-order valence-electron chi connectivity index (χ4n) is 2.81. The molecule has 21 heavy (non-hydrogen) atoms. The van der Waals surface area contributed by atoms with Crippen LogP contribution in [0.15, 0.2) is 23.3 Å². The van der Waals surface area contributed by atoms with Crippen molar-refractivity contribution in [2.24, 2.45) is 11.0 Å². The third kappa shape index (κ3) is 3.96. The number of methoxy groups -OCH3 is 2. The van der Waals surface area contributed by atoms with Crippen LogP contribution in [0.5, 0.6) is 0 Å². The Morgan fingerprint density at radius 1 is 1.33 bits per heavy atom. The number of fused-ring (bicyclic) bond motifs is 1. The minimum absolute atomic E-state index is 0.198. The summed E-state index contributed by atoms with van der Waals surface area (Å²) in [6.45, 7) is 0. The van der Waals surface area contributed by atoms with Crippen molar-refractivity contribution < 1.29 is 9.47 Å². The molecule has 1 aromatic carbocycles. The van der Waals surface area contributed by atoms with Crippen molar-refractivity contribution in [3.63, 3.8) is 0 Å². The Bertz CT molecular complexity index is 513. The number of halogens is 1. The van der Waals surface area contributed by atoms with E-state index in [0.717, 1.165) is 30.0 Å². The number of hydrogen-bond donors (Lipinski definition) is 0. The molecule has 0 N–H and O–H groups in total. The van der Waals surface area contributed by atoms with Crippen LogP contribution in [0.1, 0.15) is 24.0 Å². The molecule has 0 aromatic heterocycles. The van der Waals surface area contributed by atoms with Gasteiger partial charge in [-0.05, 0) is 30.5 Å². The Labute approximate surface area is 131 Å². The van der Waals surface area contributed by atoms with E-state index in [1.807, 2.05) is 31.2 Å². The second-order valence-corrected chi connectivity index (χ2v) is 5.94. The molecule has 1 aliphatic carbocycles. The third-order valence-corrected chi connectivity index (χ3v) is 4.04. The zero-order valence-corrected chi connectivity index (χ0v) is 13.9. The molecule has 0 heterocycles. The predicted molar refractivity (Wildman–Crippen MR) is 85.9 cm³/mol. The van der Waals surface area contributed by atoms with Gasteiger partial charge in [0.1, 0.15) is 0 Å². The number of ether oxygens (including phenoxy) is 2. The average Bonchev–Trinajstić information content (AvgIpc) is 2.45. The van der Waals surface area contributed by atoms with E-state index in [9.17, 15) is 0 Å². The number of rotatable bonds is 5. The standard InChI is InChI=1S/C16H23ClN2O2/c1-19(2)18-16-12(10-15(20-3)21-4)6-5-11-9-13(17)7-8-14(11)16/h7-9,12,15H,5-6,10H2,1-4H3/b18-16-. The lowest BCUT2D eigenvalue weighted by Gasteiger charge is -2.29. The molecule has 2 rings (SSSR count). The summed E-state index contributed by atoms with van der Waals surface area (Å²) in [6.07, 6.45) is 2.65. The van der Waals surface area contributed by atoms with Crippen LogP contribution in [0.25, 0.3) is 0 Å². The topological polar surface area (TPSA) is 34.1 Å². The molecule has 0 spiro atoms. The summed E-state index contributed by atoms with van der Waals surface area (Å²) in [5, 5.41) is 7.33. The van der Waals surface area contributed by atoms with Gasteiger partial charge in [-0.15, -0.1) is 0 Å². The van der Waals surface area contributed by atoms with Crippen LogP contribution in [0, 0.1) is 5.92 Å². The van der Waals surface area contributed by atoms with Crippen molar-refractivity contribution in [2.75, 3.05) is 28.3 Å². The molecule has 1 unspecified atom stereocenters. The highest BCUT2D eigenvalue weighted by molar-refractivity contribution is 6.30. The van der Waals surface area contributed by atoms with E-state index in [1.54, 1.807) is 14.2 Å². The van der Waals surface area contributed by atoms with Gasteiger partial charge in [0.15, 0.2) is 6.29 Å². The lowest BCUT2D eigenvalue weighted by Crippen LogP contribution is -2.30. The van der Waals surface area contributed by atoms with Crippen LogP contribution in [0.2, 0.25) is 5.02 Å². The van der Waals surface area contributed by atoms with Crippen molar-refractivity contribution in [3.8, 4) is 0 Å². The van der Waals surface area contributed by atoms with E-state index in [4.69, 9.17) is 26.2 Å². The van der Waals surface area contributed by atoms with Gasteiger partial charge in [-0.3, -0.25) is 0 Å². The van der Waals surface area contributed by atoms with Crippen molar-refractivity contribution in [3.05, 3.63) is 34.3 Å². The fraction of sp³-hybridized carbons (Fsp3) is 0.562. The lowest BCUT2D eigenvalue weighted by atomic mass is 9.80. The molecule has 5 heteroatoms. The van der Waals surface area contributed by atoms with Crippen molar-refractivity contribution >= 4 is 17.3 Å². The molecule has 0 saturated carbocycles. The largest absolute Gasteiger partial charge is 0.356 e. The SMILES string of the molecule is COC(CC1CCc2cc(Cl)ccc2/C1=N\N(C)C)OC. The first kappa shape index (κ1) is 16.3. The van der Waals surface area contributed by atoms with E-state index in [0.29, 0.717) is 5.92 Å². The fourth-order valence-corrected chi connectivity index (χ4v) is 3.00. The van der Waals surface area contributed by atoms with Crippen LogP contribution >= 0.6 is 11.6 Å². The first-order chi connectivity index (χ1) is 10.0. The Balaban J connectivity index is 2.33. The van der Waals surface area contributed by atoms with E-state index in [2.05, 4.69) is 6.07 Å². The maximum absolute atomic E-state index is 6.11. The molecule has 1 aromatic rings. The highest BCUT2D eigenvalue weighted by atomic mass is 35.5. The second-order valence-electron chi connectivity index (χ2n) is 5.51. The van der Waals surface area contributed by atoms with E-state index < -0.39 is 0 Å². The summed E-state index contributed by atoms with van der Waals surface area (Å²) < 4.78 is 10.7. The molecular weight excluding hydrogens is 288 g/mol. The van der Waals surface area contributed by atoms with Gasteiger partial charge in [0.05, 0.1) is 5.71 Å². The van der Waals surface area contributed by atoms with Crippen LogP contribution in [0.3, 0.4) is 0 Å². The molecule has 1 atom stereocenters. The van der Waals surface area contributed by atoms with Crippen molar-refractivity contribution in [1.82, 2.24) is 5.01 Å². The average molecular weight is 311 g/mol. The number of aryl methyl sites for hydroxylation is 1. The van der Waals surface area contributed by atoms with Gasteiger partial charge in [0, 0.05) is 51.2 Å². The zero-order chi connectivity index (χ0) is 15.4. The Hall–Kier alpha value is -1.10. The molecule has 4 nitrogen and oxygen atoms in total. The summed E-state index contributed by atoms with van der Waals surface area (Å²) in [5.41, 5.74) is 3.55. The quantitative estimate of drug-likeness (QED) is 0.619. The minimum atomic E-state index is -0.198. The third-order valence-electron chi connectivity index (χ3n) is 3.80. The van der Waals surface area contributed by atoms with Crippen molar-refractivity contribution in [2.45, 2.75) is 25.6 Å². The van der Waals surface area contributed by atoms with Crippen LogP contribution < -0.4 is 0 Å². The maximum Gasteiger partial charge on any atom is 0.157 e. The zero-order valence-electron chi connectivity index (χ0n) is 13.1. The van der Waals surface area contributed by atoms with Gasteiger partial charge in [0.25, 0.3) is 0 Å². The lowest BCUT2D eigenvalue weighted by molar-refractivity contribution is -0.110. The van der Waals surface area contributed by atoms with Gasteiger partial charge < -0.3 is 14.5 Å². The number of benzene rings is 1. The molecule has 1 aliphatic rings. The molecule has 0 fully saturated rings. The number of hydrogen-bond acceptors (Lipinski definition) is 4. The monoisotopic (exact) mass is 310 g/mol. The Kier molecular flexibility index (Phi) is 5.62. The van der Waals surface area contributed by atoms with E-state index in [1.165, 1.54) is 11.1 Å². The molecular formula is C16H23ClN2O2. The second kappa shape index (κ2) is 7.25. The molecule has 0 saturated heterocycles. The van der Waals surface area contributed by atoms with Crippen LogP contribution in [0.4, 0.5) is 0 Å². The summed E-state index contributed by atoms with van der Waals surface area (Å²) in [5.74, 6) is 0.325. The van der Waals surface area contributed by atoms with E-state index in [-0.39, 0.29) is 6.29 Å². The van der Waals surface area contributed by atoms with Gasteiger partial charge in [0.2, 0.25) is 0 Å². The van der Waals surface area contributed by atoms with Gasteiger partial charge in [-0.2, -0.15) is 5.10 Å². The van der Waals surface area contributed by atoms with Crippen LogP contribution in [-0.2, 0) is 15.9 Å². The van der Waals surface area contributed by atoms with Gasteiger partial charge in [-0.25, -0.2) is 0 Å². The minimum Gasteiger partial charge on any atom is -0.356 e. The van der Waals surface area contributed by atoms with Crippen molar-refractivity contribution in [1.29, 1.82) is 0 Å². The summed E-state index contributed by atoms with van der Waals surface area (Å²) in [7, 11) is 7.23. The smallest absolute Gasteiger partial charge is 0.157 e. The van der Waals surface area contributed by atoms with Crippen LogP contribution in [-0.4, -0.2) is 45.3 Å². The molecule has 116 valence electrons. The van der Waals surface area contributed by atoms with E-state index >= 15 is 0 Å². The summed E-state index contributed by atoms with van der Waals surface area (Å²) in [6, 6.07) is 6.04.